The number of rotatable bonds is 1. The maximum atomic E-state index is 9.23. The van der Waals surface area contributed by atoms with Crippen molar-refractivity contribution in [1.82, 2.24) is 0 Å². The van der Waals surface area contributed by atoms with E-state index in [2.05, 4.69) is 24.3 Å². The molecule has 1 aliphatic rings. The van der Waals surface area contributed by atoms with Gasteiger partial charge in [0.2, 0.25) is 0 Å². The second kappa shape index (κ2) is 3.65. The average Bonchev–Trinajstić information content (AvgIpc) is 2.20. The van der Waals surface area contributed by atoms with Crippen molar-refractivity contribution in [3.8, 4) is 0 Å². The third kappa shape index (κ3) is 1.92. The minimum Gasteiger partial charge on any atom is -0.513 e. The maximum Gasteiger partial charge on any atom is 0.0883 e. The minimum atomic E-state index is 0.562. The molecule has 1 unspecified atom stereocenters. The van der Waals surface area contributed by atoms with E-state index in [1.807, 2.05) is 12.1 Å². The van der Waals surface area contributed by atoms with Crippen molar-refractivity contribution in [3.63, 3.8) is 0 Å². The van der Waals surface area contributed by atoms with E-state index in [0.29, 0.717) is 11.7 Å². The van der Waals surface area contributed by atoms with Crippen molar-refractivity contribution in [1.29, 1.82) is 0 Å². The molecule has 1 aliphatic carbocycles. The van der Waals surface area contributed by atoms with Gasteiger partial charge in [-0.25, -0.2) is 0 Å². The lowest BCUT2D eigenvalue weighted by Gasteiger charge is -2.19. The van der Waals surface area contributed by atoms with Crippen LogP contribution in [0.4, 0.5) is 0 Å². The second-order valence-corrected chi connectivity index (χ2v) is 3.58. The normalized spacial score (nSPS) is 22.5. The van der Waals surface area contributed by atoms with Crippen LogP contribution in [0.1, 0.15) is 30.7 Å². The molecule has 1 nitrogen and oxygen atoms in total. The predicted octanol–water partition coefficient (Wildman–Crippen LogP) is 3.40. The summed E-state index contributed by atoms with van der Waals surface area (Å²) in [6.45, 7) is 0. The van der Waals surface area contributed by atoms with Gasteiger partial charge in [-0.15, -0.1) is 0 Å². The fraction of sp³-hybridized carbons (Fsp3) is 0.333. The first-order valence-electron chi connectivity index (χ1n) is 4.79. The Bertz CT molecular complexity index is 300. The fourth-order valence-corrected chi connectivity index (χ4v) is 1.85. The molecule has 0 radical (unpaired) electrons. The Labute approximate surface area is 78.7 Å². The van der Waals surface area contributed by atoms with Crippen LogP contribution in [0, 0.1) is 0 Å². The van der Waals surface area contributed by atoms with Crippen LogP contribution < -0.4 is 0 Å². The van der Waals surface area contributed by atoms with Gasteiger partial charge in [-0.2, -0.15) is 0 Å². The van der Waals surface area contributed by atoms with E-state index < -0.39 is 0 Å². The highest BCUT2D eigenvalue weighted by Crippen LogP contribution is 2.30. The van der Waals surface area contributed by atoms with E-state index in [0.717, 1.165) is 19.3 Å². The zero-order valence-corrected chi connectivity index (χ0v) is 7.61. The van der Waals surface area contributed by atoms with Gasteiger partial charge < -0.3 is 5.11 Å². The van der Waals surface area contributed by atoms with E-state index in [1.54, 1.807) is 0 Å². The molecule has 13 heavy (non-hydrogen) atoms. The lowest BCUT2D eigenvalue weighted by molar-refractivity contribution is 0.359. The molecule has 0 aromatic heterocycles. The number of aliphatic hydroxyl groups is 1. The highest BCUT2D eigenvalue weighted by atomic mass is 16.3. The molecule has 0 heterocycles. The summed E-state index contributed by atoms with van der Waals surface area (Å²) in [5.41, 5.74) is 1.39. The number of benzene rings is 1. The highest BCUT2D eigenvalue weighted by molar-refractivity contribution is 5.22. The van der Waals surface area contributed by atoms with Crippen molar-refractivity contribution in [2.75, 3.05) is 0 Å². The highest BCUT2D eigenvalue weighted by Gasteiger charge is 2.14. The third-order valence-electron chi connectivity index (χ3n) is 2.66. The van der Waals surface area contributed by atoms with Crippen molar-refractivity contribution < 1.29 is 5.11 Å². The quantitative estimate of drug-likeness (QED) is 0.691. The van der Waals surface area contributed by atoms with Crippen LogP contribution in [0.15, 0.2) is 42.2 Å². The monoisotopic (exact) mass is 174 g/mol. The topological polar surface area (TPSA) is 20.2 Å². The first kappa shape index (κ1) is 8.36. The molecule has 0 spiro atoms. The van der Waals surface area contributed by atoms with Crippen molar-refractivity contribution in [2.45, 2.75) is 25.2 Å². The standard InChI is InChI=1S/C12H14O/c13-12-8-6-11(7-9-12)10-4-2-1-3-5-10/h1-5,8,11,13H,6-7,9H2. The molecule has 1 aromatic carbocycles. The Morgan fingerprint density at radius 3 is 2.54 bits per heavy atom. The molecular weight excluding hydrogens is 160 g/mol. The van der Waals surface area contributed by atoms with E-state index in [-0.39, 0.29) is 0 Å². The summed E-state index contributed by atoms with van der Waals surface area (Å²) in [4.78, 5) is 0. The second-order valence-electron chi connectivity index (χ2n) is 3.58. The van der Waals surface area contributed by atoms with Crippen molar-refractivity contribution in [3.05, 3.63) is 47.7 Å². The van der Waals surface area contributed by atoms with Gasteiger partial charge in [0.1, 0.15) is 0 Å². The van der Waals surface area contributed by atoms with Crippen LogP contribution in [0.25, 0.3) is 0 Å². The van der Waals surface area contributed by atoms with Gasteiger partial charge in [-0.1, -0.05) is 30.3 Å². The maximum absolute atomic E-state index is 9.23. The first-order chi connectivity index (χ1) is 6.36. The van der Waals surface area contributed by atoms with Gasteiger partial charge >= 0.3 is 0 Å². The van der Waals surface area contributed by atoms with Gasteiger partial charge in [0, 0.05) is 6.42 Å². The molecule has 0 fully saturated rings. The van der Waals surface area contributed by atoms with Gasteiger partial charge in [0.25, 0.3) is 0 Å². The Kier molecular flexibility index (Phi) is 2.35. The number of allylic oxidation sites excluding steroid dienone is 2. The van der Waals surface area contributed by atoms with E-state index >= 15 is 0 Å². The molecule has 1 aromatic rings. The molecule has 0 bridgehead atoms. The summed E-state index contributed by atoms with van der Waals surface area (Å²) < 4.78 is 0. The molecule has 0 saturated heterocycles. The molecule has 1 atom stereocenters. The summed E-state index contributed by atoms with van der Waals surface area (Å²) in [5, 5.41) is 9.23. The Morgan fingerprint density at radius 2 is 1.92 bits per heavy atom. The number of aliphatic hydroxyl groups excluding tert-OH is 1. The van der Waals surface area contributed by atoms with E-state index in [1.165, 1.54) is 5.56 Å². The molecule has 0 saturated carbocycles. The van der Waals surface area contributed by atoms with Gasteiger partial charge in [0.05, 0.1) is 5.76 Å². The summed E-state index contributed by atoms with van der Waals surface area (Å²) in [6, 6.07) is 10.5. The van der Waals surface area contributed by atoms with Gasteiger partial charge in [-0.05, 0) is 30.4 Å². The lowest BCUT2D eigenvalue weighted by Crippen LogP contribution is -2.03. The largest absolute Gasteiger partial charge is 0.513 e. The van der Waals surface area contributed by atoms with Crippen LogP contribution in [-0.2, 0) is 0 Å². The Morgan fingerprint density at radius 1 is 1.15 bits per heavy atom. The smallest absolute Gasteiger partial charge is 0.0883 e. The zero-order valence-electron chi connectivity index (χ0n) is 7.61. The zero-order chi connectivity index (χ0) is 9.10. The van der Waals surface area contributed by atoms with Crippen LogP contribution in [0.5, 0.6) is 0 Å². The molecule has 0 amide bonds. The van der Waals surface area contributed by atoms with Gasteiger partial charge in [0.15, 0.2) is 0 Å². The summed E-state index contributed by atoms with van der Waals surface area (Å²) in [6.07, 6.45) is 4.84. The van der Waals surface area contributed by atoms with Gasteiger partial charge in [-0.3, -0.25) is 0 Å². The average molecular weight is 174 g/mol. The van der Waals surface area contributed by atoms with Crippen molar-refractivity contribution in [2.24, 2.45) is 0 Å². The van der Waals surface area contributed by atoms with Crippen LogP contribution in [0.3, 0.4) is 0 Å². The molecule has 1 heteroatoms. The van der Waals surface area contributed by atoms with E-state index in [9.17, 15) is 5.11 Å². The first-order valence-corrected chi connectivity index (χ1v) is 4.79. The Balaban J connectivity index is 2.12. The lowest BCUT2D eigenvalue weighted by atomic mass is 9.87. The summed E-state index contributed by atoms with van der Waals surface area (Å²) in [7, 11) is 0. The third-order valence-corrected chi connectivity index (χ3v) is 2.66. The SMILES string of the molecule is OC1=CCC(c2ccccc2)CC1. The fourth-order valence-electron chi connectivity index (χ4n) is 1.85. The molecule has 0 aliphatic heterocycles. The molecule has 1 N–H and O–H groups in total. The predicted molar refractivity (Wildman–Crippen MR) is 53.7 cm³/mol. The molecular formula is C12H14O. The summed E-state index contributed by atoms with van der Waals surface area (Å²) in [5.74, 6) is 1.17. The Hall–Kier alpha value is -1.24. The molecule has 2 rings (SSSR count). The van der Waals surface area contributed by atoms with Crippen LogP contribution in [0.2, 0.25) is 0 Å². The number of hydrogen-bond donors (Lipinski definition) is 1. The minimum absolute atomic E-state index is 0.562. The summed E-state index contributed by atoms with van der Waals surface area (Å²) >= 11 is 0. The number of hydrogen-bond acceptors (Lipinski definition) is 1. The van der Waals surface area contributed by atoms with Crippen LogP contribution >= 0.6 is 0 Å². The van der Waals surface area contributed by atoms with Crippen LogP contribution in [-0.4, -0.2) is 5.11 Å². The van der Waals surface area contributed by atoms with Crippen molar-refractivity contribution >= 4 is 0 Å². The van der Waals surface area contributed by atoms with E-state index in [4.69, 9.17) is 0 Å². The molecule has 68 valence electrons.